The van der Waals surface area contributed by atoms with E-state index in [1.165, 1.54) is 29.2 Å². The fourth-order valence-corrected chi connectivity index (χ4v) is 6.30. The lowest BCUT2D eigenvalue weighted by atomic mass is 10.0. The molecule has 0 spiro atoms. The third-order valence-electron chi connectivity index (χ3n) is 7.54. The largest absolute Gasteiger partial charge is 0.352 e. The zero-order valence-electron chi connectivity index (χ0n) is 25.5. The Balaban J connectivity index is 1.80. The van der Waals surface area contributed by atoms with Crippen molar-refractivity contribution < 1.29 is 22.4 Å². The van der Waals surface area contributed by atoms with Crippen LogP contribution in [0.1, 0.15) is 37.0 Å². The summed E-state index contributed by atoms with van der Waals surface area (Å²) < 4.78 is 42.9. The summed E-state index contributed by atoms with van der Waals surface area (Å²) in [4.78, 5) is 29.7. The van der Waals surface area contributed by atoms with E-state index in [2.05, 4.69) is 5.32 Å². The summed E-state index contributed by atoms with van der Waals surface area (Å²) in [7, 11) is -4.27. The lowest BCUT2D eigenvalue weighted by molar-refractivity contribution is -0.140. The Morgan fingerprint density at radius 3 is 2.09 bits per heavy atom. The van der Waals surface area contributed by atoms with Crippen molar-refractivity contribution in [3.63, 3.8) is 0 Å². The van der Waals surface area contributed by atoms with Crippen LogP contribution in [-0.2, 0) is 32.6 Å². The van der Waals surface area contributed by atoms with Gasteiger partial charge in [-0.25, -0.2) is 12.8 Å². The minimum atomic E-state index is -4.27. The van der Waals surface area contributed by atoms with Gasteiger partial charge in [-0.2, -0.15) is 0 Å². The van der Waals surface area contributed by atoms with Crippen LogP contribution in [-0.4, -0.2) is 43.8 Å². The molecule has 0 aliphatic rings. The summed E-state index contributed by atoms with van der Waals surface area (Å²) >= 11 is 6.13. The van der Waals surface area contributed by atoms with Crippen molar-refractivity contribution in [1.82, 2.24) is 10.2 Å². The zero-order chi connectivity index (χ0) is 32.6. The molecule has 236 valence electrons. The number of aryl methyl sites for hydroxylation is 1. The molecule has 1 N–H and O–H groups in total. The Morgan fingerprint density at radius 2 is 1.49 bits per heavy atom. The first-order valence-corrected chi connectivity index (χ1v) is 16.5. The molecule has 10 heteroatoms. The molecule has 4 rings (SSSR count). The summed E-state index contributed by atoms with van der Waals surface area (Å²) in [5.74, 6) is -1.51. The maximum absolute atomic E-state index is 14.4. The molecular weight excluding hydrogens is 613 g/mol. The van der Waals surface area contributed by atoms with Gasteiger partial charge in [0.25, 0.3) is 10.0 Å². The second-order valence-electron chi connectivity index (χ2n) is 11.0. The van der Waals surface area contributed by atoms with Crippen molar-refractivity contribution in [2.24, 2.45) is 0 Å². The van der Waals surface area contributed by atoms with E-state index in [4.69, 9.17) is 11.6 Å². The molecule has 0 unspecified atom stereocenters. The maximum Gasteiger partial charge on any atom is 0.264 e. The first-order valence-electron chi connectivity index (χ1n) is 14.7. The van der Waals surface area contributed by atoms with Crippen LogP contribution in [0.15, 0.2) is 108 Å². The van der Waals surface area contributed by atoms with Gasteiger partial charge in [0.2, 0.25) is 11.8 Å². The van der Waals surface area contributed by atoms with E-state index in [1.807, 2.05) is 51.1 Å². The van der Waals surface area contributed by atoms with Gasteiger partial charge in [0.15, 0.2) is 0 Å². The number of nitrogens with zero attached hydrogens (tertiary/aromatic N) is 2. The van der Waals surface area contributed by atoms with Crippen molar-refractivity contribution in [2.45, 2.75) is 57.1 Å². The Hall–Kier alpha value is -4.21. The Bertz CT molecular complexity index is 1680. The topological polar surface area (TPSA) is 86.8 Å². The van der Waals surface area contributed by atoms with E-state index in [1.54, 1.807) is 36.4 Å². The zero-order valence-corrected chi connectivity index (χ0v) is 27.1. The number of benzene rings is 4. The highest BCUT2D eigenvalue weighted by atomic mass is 35.5. The van der Waals surface area contributed by atoms with Gasteiger partial charge in [-0.1, -0.05) is 78.7 Å². The molecule has 2 atom stereocenters. The molecule has 0 heterocycles. The Kier molecular flexibility index (Phi) is 11.4. The number of anilines is 1. The minimum absolute atomic E-state index is 0.0171. The highest BCUT2D eigenvalue weighted by molar-refractivity contribution is 7.92. The second-order valence-corrected chi connectivity index (χ2v) is 13.3. The Labute approximate surface area is 269 Å². The standard InChI is InChI=1S/C35H37ClFN3O4S/c1-4-26(3)38-35(42)33(22-27-8-6-5-7-9-27)39(23-28-12-14-29(36)15-13-28)34(41)24-40(31-18-16-30(37)17-19-31)45(43,44)32-20-10-25(2)11-21-32/h5-21,26,33H,4,22-24H2,1-3H3,(H,38,42)/t26-,33+/m0/s1. The van der Waals surface area contributed by atoms with E-state index in [9.17, 15) is 22.4 Å². The first kappa shape index (κ1) is 33.7. The third-order valence-corrected chi connectivity index (χ3v) is 9.58. The summed E-state index contributed by atoms with van der Waals surface area (Å²) in [5, 5.41) is 3.52. The molecule has 0 aliphatic heterocycles. The molecule has 4 aromatic rings. The molecule has 0 saturated heterocycles. The van der Waals surface area contributed by atoms with Gasteiger partial charge in [0.1, 0.15) is 18.4 Å². The molecular formula is C35H37ClFN3O4S. The fraction of sp³-hybridized carbons (Fsp3) is 0.257. The summed E-state index contributed by atoms with van der Waals surface area (Å²) in [5.41, 5.74) is 2.51. The van der Waals surface area contributed by atoms with Crippen molar-refractivity contribution in [3.05, 3.63) is 131 Å². The minimum Gasteiger partial charge on any atom is -0.352 e. The summed E-state index contributed by atoms with van der Waals surface area (Å²) in [6, 6.07) is 26.3. The van der Waals surface area contributed by atoms with Crippen molar-refractivity contribution in [3.8, 4) is 0 Å². The van der Waals surface area contributed by atoms with Crippen LogP contribution in [0.5, 0.6) is 0 Å². The third kappa shape index (κ3) is 8.93. The van der Waals surface area contributed by atoms with Gasteiger partial charge >= 0.3 is 0 Å². The number of rotatable bonds is 13. The van der Waals surface area contributed by atoms with E-state index in [0.717, 1.165) is 27.6 Å². The molecule has 0 saturated carbocycles. The molecule has 0 fully saturated rings. The van der Waals surface area contributed by atoms with Crippen molar-refractivity contribution in [1.29, 1.82) is 0 Å². The van der Waals surface area contributed by atoms with Crippen LogP contribution >= 0.6 is 11.6 Å². The number of hydrogen-bond donors (Lipinski definition) is 1. The average Bonchev–Trinajstić information content (AvgIpc) is 3.03. The smallest absolute Gasteiger partial charge is 0.264 e. The molecule has 0 aromatic heterocycles. The van der Waals surface area contributed by atoms with Gasteiger partial charge in [-0.3, -0.25) is 13.9 Å². The highest BCUT2D eigenvalue weighted by Crippen LogP contribution is 2.26. The SMILES string of the molecule is CC[C@H](C)NC(=O)[C@@H](Cc1ccccc1)N(Cc1ccc(Cl)cc1)C(=O)CN(c1ccc(F)cc1)S(=O)(=O)c1ccc(C)cc1. The van der Waals surface area contributed by atoms with E-state index in [0.29, 0.717) is 17.0 Å². The monoisotopic (exact) mass is 649 g/mol. The summed E-state index contributed by atoms with van der Waals surface area (Å²) in [6.45, 7) is 5.06. The second kappa shape index (κ2) is 15.2. The normalized spacial score (nSPS) is 12.6. The molecule has 45 heavy (non-hydrogen) atoms. The molecule has 0 bridgehead atoms. The maximum atomic E-state index is 14.4. The number of halogens is 2. The van der Waals surface area contributed by atoms with E-state index >= 15 is 0 Å². The molecule has 0 radical (unpaired) electrons. The van der Waals surface area contributed by atoms with Crippen LogP contribution < -0.4 is 9.62 Å². The van der Waals surface area contributed by atoms with Gasteiger partial charge in [0.05, 0.1) is 10.6 Å². The predicted molar refractivity (Wildman–Crippen MR) is 176 cm³/mol. The van der Waals surface area contributed by atoms with Crippen molar-refractivity contribution in [2.75, 3.05) is 10.8 Å². The van der Waals surface area contributed by atoms with Gasteiger partial charge in [0, 0.05) is 24.0 Å². The molecule has 7 nitrogen and oxygen atoms in total. The van der Waals surface area contributed by atoms with Crippen LogP contribution in [0.3, 0.4) is 0 Å². The number of hydrogen-bond acceptors (Lipinski definition) is 4. The number of sulfonamides is 1. The van der Waals surface area contributed by atoms with Gasteiger partial charge < -0.3 is 10.2 Å². The first-order chi connectivity index (χ1) is 21.5. The van der Waals surface area contributed by atoms with Crippen LogP contribution in [0, 0.1) is 12.7 Å². The number of nitrogens with one attached hydrogen (secondary N) is 1. The lowest BCUT2D eigenvalue weighted by Crippen LogP contribution is -2.54. The quantitative estimate of drug-likeness (QED) is 0.178. The van der Waals surface area contributed by atoms with Gasteiger partial charge in [-0.05, 0) is 79.9 Å². The average molecular weight is 650 g/mol. The number of carbonyl (C=O) groups is 2. The van der Waals surface area contributed by atoms with E-state index in [-0.39, 0.29) is 35.5 Å². The molecule has 0 aliphatic carbocycles. The Morgan fingerprint density at radius 1 is 0.867 bits per heavy atom. The number of amides is 2. The van der Waals surface area contributed by atoms with Crippen LogP contribution in [0.25, 0.3) is 0 Å². The number of carbonyl (C=O) groups excluding carboxylic acids is 2. The fourth-order valence-electron chi connectivity index (χ4n) is 4.76. The van der Waals surface area contributed by atoms with E-state index < -0.39 is 34.3 Å². The van der Waals surface area contributed by atoms with Crippen molar-refractivity contribution >= 4 is 39.1 Å². The van der Waals surface area contributed by atoms with Gasteiger partial charge in [-0.15, -0.1) is 0 Å². The predicted octanol–water partition coefficient (Wildman–Crippen LogP) is 6.54. The lowest BCUT2D eigenvalue weighted by Gasteiger charge is -2.34. The highest BCUT2D eigenvalue weighted by Gasteiger charge is 2.35. The van der Waals surface area contributed by atoms with Crippen LogP contribution in [0.2, 0.25) is 5.02 Å². The summed E-state index contributed by atoms with van der Waals surface area (Å²) in [6.07, 6.45) is 0.881. The van der Waals surface area contributed by atoms with Crippen LogP contribution in [0.4, 0.5) is 10.1 Å². The molecule has 2 amide bonds. The molecule has 4 aromatic carbocycles.